The second-order valence-electron chi connectivity index (χ2n) is 11.8. The number of para-hydroxylation sites is 1. The lowest BCUT2D eigenvalue weighted by molar-refractivity contribution is -0.147. The molecule has 0 saturated heterocycles. The third-order valence-electron chi connectivity index (χ3n) is 10.7. The molecule has 7 atom stereocenters. The van der Waals surface area contributed by atoms with Crippen LogP contribution in [0.1, 0.15) is 83.6 Å². The number of phenols is 1. The molecule has 4 aliphatic rings. The van der Waals surface area contributed by atoms with Crippen LogP contribution in [0.2, 0.25) is 0 Å². The van der Waals surface area contributed by atoms with Gasteiger partial charge in [0.05, 0.1) is 19.3 Å². The third-order valence-corrected chi connectivity index (χ3v) is 10.7. The topological polar surface area (TPSA) is 62.0 Å². The summed E-state index contributed by atoms with van der Waals surface area (Å²) in [6.45, 7) is 5.38. The molecule has 4 aliphatic carbocycles. The van der Waals surface area contributed by atoms with Crippen LogP contribution in [0.4, 0.5) is 0 Å². The Bertz CT molecular complexity index is 883. The average Bonchev–Trinajstić information content (AvgIpc) is 3.05. The minimum atomic E-state index is -0.752. The Balaban J connectivity index is 1.34. The molecule has 2 N–H and O–H groups in total. The lowest BCUT2D eigenvalue weighted by Gasteiger charge is -2.61. The van der Waals surface area contributed by atoms with Gasteiger partial charge in [0.2, 0.25) is 0 Å². The Kier molecular flexibility index (Phi) is 5.59. The van der Waals surface area contributed by atoms with Gasteiger partial charge < -0.3 is 14.9 Å². The minimum Gasteiger partial charge on any atom is -0.504 e. The summed E-state index contributed by atoms with van der Waals surface area (Å²) >= 11 is 0. The maximum absolute atomic E-state index is 11.9. The van der Waals surface area contributed by atoms with Gasteiger partial charge in [0, 0.05) is 17.2 Å². The zero-order valence-corrected chi connectivity index (χ0v) is 20.1. The molecule has 4 saturated carbocycles. The molecule has 0 aromatic heterocycles. The molecule has 32 heavy (non-hydrogen) atoms. The van der Waals surface area contributed by atoms with Gasteiger partial charge in [-0.1, -0.05) is 32.8 Å². The molecule has 4 fully saturated rings. The fourth-order valence-corrected chi connectivity index (χ4v) is 8.77. The maximum atomic E-state index is 11.9. The van der Waals surface area contributed by atoms with Crippen LogP contribution in [0, 0.1) is 34.5 Å². The van der Waals surface area contributed by atoms with Gasteiger partial charge in [-0.15, -0.1) is 0 Å². The number of rotatable bonds is 4. The summed E-state index contributed by atoms with van der Waals surface area (Å²) in [4.78, 5) is 4.66. The van der Waals surface area contributed by atoms with Gasteiger partial charge >= 0.3 is 0 Å². The van der Waals surface area contributed by atoms with Crippen LogP contribution in [-0.4, -0.2) is 35.7 Å². The van der Waals surface area contributed by atoms with Gasteiger partial charge in [0.15, 0.2) is 11.5 Å². The fraction of sp³-hybridized carbons (Fsp3) is 0.750. The molecule has 4 nitrogen and oxygen atoms in total. The van der Waals surface area contributed by atoms with E-state index in [9.17, 15) is 10.2 Å². The van der Waals surface area contributed by atoms with Crippen molar-refractivity contribution in [3.63, 3.8) is 0 Å². The quantitative estimate of drug-likeness (QED) is 0.567. The van der Waals surface area contributed by atoms with E-state index in [1.165, 1.54) is 44.9 Å². The van der Waals surface area contributed by atoms with E-state index < -0.39 is 5.60 Å². The van der Waals surface area contributed by atoms with Crippen LogP contribution in [0.15, 0.2) is 23.2 Å². The first-order valence-corrected chi connectivity index (χ1v) is 12.9. The van der Waals surface area contributed by atoms with Gasteiger partial charge in [0.25, 0.3) is 0 Å². The van der Waals surface area contributed by atoms with Gasteiger partial charge in [-0.3, -0.25) is 4.99 Å². The van der Waals surface area contributed by atoms with E-state index >= 15 is 0 Å². The summed E-state index contributed by atoms with van der Waals surface area (Å²) < 4.78 is 5.21. The third kappa shape index (κ3) is 3.23. The highest BCUT2D eigenvalue weighted by atomic mass is 16.5. The van der Waals surface area contributed by atoms with Crippen LogP contribution < -0.4 is 4.74 Å². The number of hydrogen-bond acceptors (Lipinski definition) is 4. The molecule has 5 rings (SSSR count). The number of aromatic hydroxyl groups is 1. The molecule has 1 aromatic carbocycles. The van der Waals surface area contributed by atoms with Crippen molar-refractivity contribution in [2.45, 2.75) is 83.7 Å². The standard InChI is InChI=1S/C28H41NO3/c1-26-14-5-4-8-20(26)10-11-21-22(26)12-15-27(2)23(21)13-16-28(27,31)18-29-17-19-7-6-9-24(32-3)25(19)30/h6-7,9,17,20-23,30-31H,4-5,8,10-16,18H2,1-3H3/t20-,21+,22-,23-,26-,27-,28-/m0/s1. The maximum Gasteiger partial charge on any atom is 0.166 e. The Morgan fingerprint density at radius 3 is 2.66 bits per heavy atom. The molecule has 0 heterocycles. The number of phenolic OH excluding ortho intramolecular Hbond substituents is 1. The highest BCUT2D eigenvalue weighted by molar-refractivity contribution is 5.84. The molecule has 0 bridgehead atoms. The summed E-state index contributed by atoms with van der Waals surface area (Å²) in [5, 5.41) is 22.2. The second kappa shape index (κ2) is 8.04. The molecule has 4 heteroatoms. The lowest BCUT2D eigenvalue weighted by Crippen LogP contribution is -2.56. The summed E-state index contributed by atoms with van der Waals surface area (Å²) in [7, 11) is 1.55. The molecule has 0 amide bonds. The van der Waals surface area contributed by atoms with Crippen molar-refractivity contribution in [3.8, 4) is 11.5 Å². The Hall–Kier alpha value is -1.55. The number of aliphatic imine (C=N–C) groups is 1. The van der Waals surface area contributed by atoms with Crippen molar-refractivity contribution in [1.29, 1.82) is 0 Å². The van der Waals surface area contributed by atoms with E-state index in [0.717, 1.165) is 37.0 Å². The summed E-state index contributed by atoms with van der Waals surface area (Å²) in [6.07, 6.45) is 14.5. The number of nitrogens with zero attached hydrogens (tertiary/aromatic N) is 1. The lowest BCUT2D eigenvalue weighted by atomic mass is 9.44. The molecule has 176 valence electrons. The molecule has 0 radical (unpaired) electrons. The largest absolute Gasteiger partial charge is 0.504 e. The van der Waals surface area contributed by atoms with Crippen molar-refractivity contribution < 1.29 is 14.9 Å². The first-order chi connectivity index (χ1) is 15.3. The number of fused-ring (bicyclic) bond motifs is 5. The van der Waals surface area contributed by atoms with Crippen molar-refractivity contribution in [1.82, 2.24) is 0 Å². The van der Waals surface area contributed by atoms with E-state index in [2.05, 4.69) is 18.8 Å². The van der Waals surface area contributed by atoms with E-state index in [4.69, 9.17) is 4.74 Å². The van der Waals surface area contributed by atoms with Gasteiger partial charge in [-0.2, -0.15) is 0 Å². The Labute approximate surface area is 193 Å². The van der Waals surface area contributed by atoms with Crippen LogP contribution >= 0.6 is 0 Å². The zero-order valence-electron chi connectivity index (χ0n) is 20.1. The van der Waals surface area contributed by atoms with Crippen LogP contribution in [0.25, 0.3) is 0 Å². The molecule has 0 aliphatic heterocycles. The normalized spacial score (nSPS) is 43.5. The van der Waals surface area contributed by atoms with Gasteiger partial charge in [-0.05, 0) is 92.6 Å². The highest BCUT2D eigenvalue weighted by Gasteiger charge is 2.64. The Morgan fingerprint density at radius 1 is 1.03 bits per heavy atom. The van der Waals surface area contributed by atoms with Crippen LogP contribution in [0.3, 0.4) is 0 Å². The number of aliphatic hydroxyl groups is 1. The number of methoxy groups -OCH3 is 1. The molecular weight excluding hydrogens is 398 g/mol. The monoisotopic (exact) mass is 439 g/mol. The second-order valence-corrected chi connectivity index (χ2v) is 11.8. The molecule has 0 spiro atoms. The van der Waals surface area contributed by atoms with Gasteiger partial charge in [-0.25, -0.2) is 0 Å². The van der Waals surface area contributed by atoms with E-state index in [0.29, 0.717) is 29.2 Å². The van der Waals surface area contributed by atoms with Crippen LogP contribution in [-0.2, 0) is 0 Å². The summed E-state index contributed by atoms with van der Waals surface area (Å²) in [6, 6.07) is 5.42. The fourth-order valence-electron chi connectivity index (χ4n) is 8.77. The molecule has 0 unspecified atom stereocenters. The number of benzene rings is 1. The minimum absolute atomic E-state index is 0.0558. The number of ether oxygens (including phenoxy) is 1. The predicted octanol–water partition coefficient (Wildman–Crippen LogP) is 5.98. The predicted molar refractivity (Wildman–Crippen MR) is 128 cm³/mol. The SMILES string of the molecule is COc1cccc(C=NC[C@@]2(O)CC[C@H]3[C@@H]4CC[C@@H]5CCCC[C@]5(C)[C@H]4CC[C@@]32C)c1O. The summed E-state index contributed by atoms with van der Waals surface area (Å²) in [5.74, 6) is 3.73. The highest BCUT2D eigenvalue weighted by Crippen LogP contribution is 2.68. The first-order valence-electron chi connectivity index (χ1n) is 12.9. The van der Waals surface area contributed by atoms with Crippen LogP contribution in [0.5, 0.6) is 11.5 Å². The smallest absolute Gasteiger partial charge is 0.166 e. The van der Waals surface area contributed by atoms with E-state index in [1.54, 1.807) is 19.4 Å². The first kappa shape index (κ1) is 22.3. The molecular formula is C28H41NO3. The van der Waals surface area contributed by atoms with Crippen molar-refractivity contribution in [2.75, 3.05) is 13.7 Å². The van der Waals surface area contributed by atoms with Crippen molar-refractivity contribution in [3.05, 3.63) is 23.8 Å². The summed E-state index contributed by atoms with van der Waals surface area (Å²) in [5.41, 5.74) is 0.364. The van der Waals surface area contributed by atoms with Crippen molar-refractivity contribution >= 4 is 6.21 Å². The van der Waals surface area contributed by atoms with Gasteiger partial charge in [0.1, 0.15) is 0 Å². The zero-order chi connectivity index (χ0) is 22.6. The molecule has 1 aromatic rings. The van der Waals surface area contributed by atoms with E-state index in [-0.39, 0.29) is 11.2 Å². The number of hydrogen-bond donors (Lipinski definition) is 2. The van der Waals surface area contributed by atoms with E-state index in [1.807, 2.05) is 12.1 Å². The Morgan fingerprint density at radius 2 is 1.84 bits per heavy atom. The van der Waals surface area contributed by atoms with Crippen molar-refractivity contribution in [2.24, 2.45) is 39.5 Å². The average molecular weight is 440 g/mol.